The highest BCUT2D eigenvalue weighted by Gasteiger charge is 2.12. The molecular weight excluding hydrogens is 328 g/mol. The second-order valence-electron chi connectivity index (χ2n) is 4.90. The summed E-state index contributed by atoms with van der Waals surface area (Å²) in [7, 11) is 1.82. The molecule has 1 N–H and O–H groups in total. The lowest BCUT2D eigenvalue weighted by atomic mass is 10.1. The van der Waals surface area contributed by atoms with Gasteiger partial charge in [-0.05, 0) is 48.9 Å². The summed E-state index contributed by atoms with van der Waals surface area (Å²) in [6.45, 7) is 3.51. The Balaban J connectivity index is 2.04. The highest BCUT2D eigenvalue weighted by Crippen LogP contribution is 2.15. The number of hydrogen-bond donors (Lipinski definition) is 1. The maximum Gasteiger partial charge on any atom is 0.253 e. The van der Waals surface area contributed by atoms with Gasteiger partial charge in [-0.3, -0.25) is 4.79 Å². The van der Waals surface area contributed by atoms with E-state index >= 15 is 0 Å². The molecule has 0 atom stereocenters. The SMILES string of the molecule is CCNc1ccc(C(=O)N(C)Cc2cccc(Br)c2)cc1. The van der Waals surface area contributed by atoms with Crippen molar-refractivity contribution in [3.05, 3.63) is 64.1 Å². The molecule has 3 nitrogen and oxygen atoms in total. The fourth-order valence-corrected chi connectivity index (χ4v) is 2.58. The van der Waals surface area contributed by atoms with Crippen molar-refractivity contribution in [2.45, 2.75) is 13.5 Å². The molecular formula is C17H19BrN2O. The van der Waals surface area contributed by atoms with Gasteiger partial charge in [0.1, 0.15) is 0 Å². The minimum absolute atomic E-state index is 0.0259. The van der Waals surface area contributed by atoms with E-state index in [1.807, 2.05) is 62.5 Å². The van der Waals surface area contributed by atoms with Gasteiger partial charge in [0.25, 0.3) is 5.91 Å². The van der Waals surface area contributed by atoms with Crippen molar-refractivity contribution < 1.29 is 4.79 Å². The minimum atomic E-state index is 0.0259. The maximum atomic E-state index is 12.4. The van der Waals surface area contributed by atoms with Gasteiger partial charge in [-0.1, -0.05) is 28.1 Å². The Morgan fingerprint density at radius 1 is 1.19 bits per heavy atom. The molecule has 0 bridgehead atoms. The van der Waals surface area contributed by atoms with E-state index in [1.165, 1.54) is 0 Å². The van der Waals surface area contributed by atoms with Crippen LogP contribution in [0.1, 0.15) is 22.8 Å². The molecule has 0 spiro atoms. The lowest BCUT2D eigenvalue weighted by molar-refractivity contribution is 0.0785. The summed E-state index contributed by atoms with van der Waals surface area (Å²) in [5.74, 6) is 0.0259. The third-order valence-electron chi connectivity index (χ3n) is 3.17. The number of rotatable bonds is 5. The van der Waals surface area contributed by atoms with Gasteiger partial charge in [0.2, 0.25) is 0 Å². The molecule has 1 amide bonds. The fourth-order valence-electron chi connectivity index (χ4n) is 2.14. The van der Waals surface area contributed by atoms with E-state index in [4.69, 9.17) is 0 Å². The van der Waals surface area contributed by atoms with Crippen molar-refractivity contribution >= 4 is 27.5 Å². The van der Waals surface area contributed by atoms with Gasteiger partial charge in [0, 0.05) is 35.9 Å². The fraction of sp³-hybridized carbons (Fsp3) is 0.235. The summed E-state index contributed by atoms with van der Waals surface area (Å²) in [6.07, 6.45) is 0. The molecule has 0 aliphatic carbocycles. The van der Waals surface area contributed by atoms with Crippen molar-refractivity contribution in [2.24, 2.45) is 0 Å². The summed E-state index contributed by atoms with van der Waals surface area (Å²) < 4.78 is 1.02. The van der Waals surface area contributed by atoms with Crippen LogP contribution in [-0.2, 0) is 6.54 Å². The van der Waals surface area contributed by atoms with Gasteiger partial charge in [0.05, 0.1) is 0 Å². The lowest BCUT2D eigenvalue weighted by Crippen LogP contribution is -2.26. The first-order valence-electron chi connectivity index (χ1n) is 6.94. The van der Waals surface area contributed by atoms with E-state index in [9.17, 15) is 4.79 Å². The van der Waals surface area contributed by atoms with Gasteiger partial charge in [-0.15, -0.1) is 0 Å². The van der Waals surface area contributed by atoms with E-state index in [-0.39, 0.29) is 5.91 Å². The molecule has 0 heterocycles. The Bertz CT molecular complexity index is 610. The number of benzene rings is 2. The lowest BCUT2D eigenvalue weighted by Gasteiger charge is -2.18. The van der Waals surface area contributed by atoms with Crippen LogP contribution in [0.3, 0.4) is 0 Å². The summed E-state index contributed by atoms with van der Waals surface area (Å²) >= 11 is 3.45. The molecule has 110 valence electrons. The number of carbonyl (C=O) groups is 1. The van der Waals surface area contributed by atoms with Crippen LogP contribution in [0.5, 0.6) is 0 Å². The molecule has 0 saturated carbocycles. The van der Waals surface area contributed by atoms with Crippen molar-refractivity contribution in [1.29, 1.82) is 0 Å². The first kappa shape index (κ1) is 15.6. The zero-order chi connectivity index (χ0) is 15.2. The molecule has 0 fully saturated rings. The van der Waals surface area contributed by atoms with E-state index in [0.29, 0.717) is 12.1 Å². The number of hydrogen-bond acceptors (Lipinski definition) is 2. The molecule has 4 heteroatoms. The predicted molar refractivity (Wildman–Crippen MR) is 90.5 cm³/mol. The van der Waals surface area contributed by atoms with Gasteiger partial charge < -0.3 is 10.2 Å². The normalized spacial score (nSPS) is 10.2. The standard InChI is InChI=1S/C17H19BrN2O/c1-3-19-16-9-7-14(8-10-16)17(21)20(2)12-13-5-4-6-15(18)11-13/h4-11,19H,3,12H2,1-2H3. The number of halogens is 1. The van der Waals surface area contributed by atoms with Crippen LogP contribution in [0.2, 0.25) is 0 Å². The molecule has 0 aliphatic rings. The predicted octanol–water partition coefficient (Wildman–Crippen LogP) is 4.15. The molecule has 0 aromatic heterocycles. The van der Waals surface area contributed by atoms with Crippen molar-refractivity contribution in [3.8, 4) is 0 Å². The molecule has 0 saturated heterocycles. The Morgan fingerprint density at radius 3 is 2.52 bits per heavy atom. The maximum absolute atomic E-state index is 12.4. The van der Waals surface area contributed by atoms with Crippen molar-refractivity contribution in [2.75, 3.05) is 18.9 Å². The quantitative estimate of drug-likeness (QED) is 0.881. The Hall–Kier alpha value is -1.81. The van der Waals surface area contributed by atoms with E-state index in [2.05, 4.69) is 21.2 Å². The molecule has 0 radical (unpaired) electrons. The number of nitrogens with zero attached hydrogens (tertiary/aromatic N) is 1. The Labute approximate surface area is 134 Å². The molecule has 2 aromatic rings. The second kappa shape index (κ2) is 7.27. The third kappa shape index (κ3) is 4.33. The topological polar surface area (TPSA) is 32.3 Å². The van der Waals surface area contributed by atoms with Crippen molar-refractivity contribution in [1.82, 2.24) is 4.90 Å². The van der Waals surface area contributed by atoms with Crippen LogP contribution in [0.4, 0.5) is 5.69 Å². The highest BCUT2D eigenvalue weighted by atomic mass is 79.9. The Morgan fingerprint density at radius 2 is 1.90 bits per heavy atom. The smallest absolute Gasteiger partial charge is 0.253 e. The second-order valence-corrected chi connectivity index (χ2v) is 5.81. The largest absolute Gasteiger partial charge is 0.385 e. The van der Waals surface area contributed by atoms with E-state index in [0.717, 1.165) is 22.3 Å². The molecule has 0 aliphatic heterocycles. The van der Waals surface area contributed by atoms with Gasteiger partial charge in [-0.2, -0.15) is 0 Å². The first-order valence-corrected chi connectivity index (χ1v) is 7.73. The average molecular weight is 347 g/mol. The monoisotopic (exact) mass is 346 g/mol. The zero-order valence-corrected chi connectivity index (χ0v) is 13.9. The first-order chi connectivity index (χ1) is 10.1. The van der Waals surface area contributed by atoms with Crippen LogP contribution >= 0.6 is 15.9 Å². The summed E-state index contributed by atoms with van der Waals surface area (Å²) in [4.78, 5) is 14.1. The van der Waals surface area contributed by atoms with Crippen LogP contribution < -0.4 is 5.32 Å². The van der Waals surface area contributed by atoms with Crippen LogP contribution in [0.15, 0.2) is 53.0 Å². The zero-order valence-electron chi connectivity index (χ0n) is 12.3. The van der Waals surface area contributed by atoms with Gasteiger partial charge in [0.15, 0.2) is 0 Å². The third-order valence-corrected chi connectivity index (χ3v) is 3.66. The van der Waals surface area contributed by atoms with Crippen molar-refractivity contribution in [3.63, 3.8) is 0 Å². The number of nitrogens with one attached hydrogen (secondary N) is 1. The Kier molecular flexibility index (Phi) is 5.39. The molecule has 0 unspecified atom stereocenters. The number of anilines is 1. The van der Waals surface area contributed by atoms with Crippen LogP contribution in [0.25, 0.3) is 0 Å². The summed E-state index contributed by atoms with van der Waals surface area (Å²) in [5, 5.41) is 3.22. The van der Waals surface area contributed by atoms with Gasteiger partial charge >= 0.3 is 0 Å². The van der Waals surface area contributed by atoms with E-state index in [1.54, 1.807) is 4.90 Å². The summed E-state index contributed by atoms with van der Waals surface area (Å²) in [5.41, 5.74) is 2.84. The van der Waals surface area contributed by atoms with Crippen LogP contribution in [0, 0.1) is 0 Å². The highest BCUT2D eigenvalue weighted by molar-refractivity contribution is 9.10. The molecule has 21 heavy (non-hydrogen) atoms. The molecule has 2 aromatic carbocycles. The van der Waals surface area contributed by atoms with Gasteiger partial charge in [-0.25, -0.2) is 0 Å². The molecule has 2 rings (SSSR count). The number of amides is 1. The minimum Gasteiger partial charge on any atom is -0.385 e. The summed E-state index contributed by atoms with van der Waals surface area (Å²) in [6, 6.07) is 15.6. The number of carbonyl (C=O) groups excluding carboxylic acids is 1. The average Bonchev–Trinajstić information content (AvgIpc) is 2.47. The van der Waals surface area contributed by atoms with E-state index < -0.39 is 0 Å². The van der Waals surface area contributed by atoms with Crippen LogP contribution in [-0.4, -0.2) is 24.4 Å².